The normalized spacial score (nSPS) is 11.9. The summed E-state index contributed by atoms with van der Waals surface area (Å²) in [4.78, 5) is -0.559. The molecule has 0 aliphatic carbocycles. The zero-order valence-corrected chi connectivity index (χ0v) is 15.2. The van der Waals surface area contributed by atoms with E-state index in [2.05, 4.69) is 4.74 Å². The Morgan fingerprint density at radius 1 is 1.00 bits per heavy atom. The molecule has 2 aromatic carbocycles. The van der Waals surface area contributed by atoms with E-state index in [1.165, 1.54) is 12.1 Å². The maximum Gasteiger partial charge on any atom is 0.573 e. The van der Waals surface area contributed by atoms with Crippen LogP contribution < -0.4 is 10.5 Å². The molecule has 0 bridgehead atoms. The lowest BCUT2D eigenvalue weighted by Gasteiger charge is -2.23. The van der Waals surface area contributed by atoms with E-state index < -0.39 is 27.0 Å². The minimum Gasteiger partial charge on any atom is -0.404 e. The molecule has 0 aliphatic heterocycles. The molecule has 0 aliphatic rings. The maximum atomic E-state index is 12.9. The van der Waals surface area contributed by atoms with Gasteiger partial charge in [0.1, 0.15) is 10.6 Å². The average Bonchev–Trinajstić information content (AvgIpc) is 2.54. The summed E-state index contributed by atoms with van der Waals surface area (Å²) in [7, 11) is -4.24. The summed E-state index contributed by atoms with van der Waals surface area (Å²) in [6.07, 6.45) is -5.00. The molecule has 0 fully saturated rings. The molecular formula is C16H18ClF3N2O3S. The summed E-state index contributed by atoms with van der Waals surface area (Å²) in [6.45, 7) is -0.0351. The van der Waals surface area contributed by atoms with Crippen molar-refractivity contribution < 1.29 is 26.3 Å². The Kier molecular flexibility index (Phi) is 7.88. The van der Waals surface area contributed by atoms with Gasteiger partial charge in [0.2, 0.25) is 10.0 Å². The van der Waals surface area contributed by atoms with E-state index in [9.17, 15) is 21.6 Å². The molecule has 0 unspecified atom stereocenters. The molecular weight excluding hydrogens is 393 g/mol. The van der Waals surface area contributed by atoms with Crippen LogP contribution >= 0.6 is 12.4 Å². The van der Waals surface area contributed by atoms with Gasteiger partial charge in [-0.15, -0.1) is 25.6 Å². The van der Waals surface area contributed by atoms with Crippen LogP contribution in [0.4, 0.5) is 13.2 Å². The summed E-state index contributed by atoms with van der Waals surface area (Å²) in [5.74, 6) is -0.773. The van der Waals surface area contributed by atoms with Gasteiger partial charge in [-0.1, -0.05) is 42.5 Å². The number of nitrogens with two attached hydrogens (primary N) is 1. The van der Waals surface area contributed by atoms with Gasteiger partial charge in [-0.2, -0.15) is 4.31 Å². The SMILES string of the molecule is Cl.NCCN(Cc1ccccc1)S(=O)(=O)c1ccccc1OC(F)(F)F. The lowest BCUT2D eigenvalue weighted by Crippen LogP contribution is -2.35. The van der Waals surface area contributed by atoms with Crippen LogP contribution in [0.25, 0.3) is 0 Å². The summed E-state index contributed by atoms with van der Waals surface area (Å²) in [5, 5.41) is 0. The van der Waals surface area contributed by atoms with Crippen molar-refractivity contribution in [2.24, 2.45) is 5.73 Å². The lowest BCUT2D eigenvalue weighted by molar-refractivity contribution is -0.275. The van der Waals surface area contributed by atoms with E-state index in [-0.39, 0.29) is 32.0 Å². The smallest absolute Gasteiger partial charge is 0.404 e. The van der Waals surface area contributed by atoms with Crippen molar-refractivity contribution in [1.29, 1.82) is 0 Å². The number of rotatable bonds is 7. The van der Waals surface area contributed by atoms with Gasteiger partial charge in [0.25, 0.3) is 0 Å². The minimum absolute atomic E-state index is 0. The summed E-state index contributed by atoms with van der Waals surface area (Å²) < 4.78 is 68.3. The first kappa shape index (κ1) is 22.2. The number of ether oxygens (including phenoxy) is 1. The van der Waals surface area contributed by atoms with Gasteiger partial charge >= 0.3 is 6.36 Å². The molecule has 10 heteroatoms. The number of para-hydroxylation sites is 1. The lowest BCUT2D eigenvalue weighted by atomic mass is 10.2. The Morgan fingerprint density at radius 2 is 1.58 bits per heavy atom. The van der Waals surface area contributed by atoms with E-state index >= 15 is 0 Å². The molecule has 2 rings (SSSR count). The topological polar surface area (TPSA) is 72.6 Å². The predicted octanol–water partition coefficient (Wildman–Crippen LogP) is 3.16. The van der Waals surface area contributed by atoms with Gasteiger partial charge in [0.05, 0.1) is 0 Å². The molecule has 0 saturated heterocycles. The highest BCUT2D eigenvalue weighted by Crippen LogP contribution is 2.31. The largest absolute Gasteiger partial charge is 0.573 e. The van der Waals surface area contributed by atoms with E-state index in [4.69, 9.17) is 5.73 Å². The Morgan fingerprint density at radius 3 is 2.15 bits per heavy atom. The van der Waals surface area contributed by atoms with E-state index in [1.54, 1.807) is 30.3 Å². The van der Waals surface area contributed by atoms with E-state index in [0.29, 0.717) is 5.56 Å². The van der Waals surface area contributed by atoms with Crippen LogP contribution in [0.2, 0.25) is 0 Å². The second-order valence-corrected chi connectivity index (χ2v) is 7.01. The second-order valence-electron chi connectivity index (χ2n) is 5.11. The fourth-order valence-corrected chi connectivity index (χ4v) is 3.78. The van der Waals surface area contributed by atoms with Crippen LogP contribution in [-0.2, 0) is 16.6 Å². The molecule has 0 heterocycles. The molecule has 0 spiro atoms. The molecule has 0 amide bonds. The fourth-order valence-electron chi connectivity index (χ4n) is 2.23. The van der Waals surface area contributed by atoms with Crippen LogP contribution in [0.1, 0.15) is 5.56 Å². The van der Waals surface area contributed by atoms with E-state index in [1.807, 2.05) is 0 Å². The van der Waals surface area contributed by atoms with Crippen molar-refractivity contribution in [3.8, 4) is 5.75 Å². The van der Waals surface area contributed by atoms with Gasteiger partial charge in [-0.05, 0) is 17.7 Å². The molecule has 5 nitrogen and oxygen atoms in total. The van der Waals surface area contributed by atoms with Crippen LogP contribution in [0.3, 0.4) is 0 Å². The monoisotopic (exact) mass is 410 g/mol. The number of benzene rings is 2. The standard InChI is InChI=1S/C16H17F3N2O3S.ClH/c17-16(18,19)24-14-8-4-5-9-15(14)25(22,23)21(11-10-20)12-13-6-2-1-3-7-13;/h1-9H,10-12,20H2;1H. The van der Waals surface area contributed by atoms with Crippen LogP contribution in [0.5, 0.6) is 5.75 Å². The van der Waals surface area contributed by atoms with Gasteiger partial charge in [-0.3, -0.25) is 0 Å². The quantitative estimate of drug-likeness (QED) is 0.761. The Labute approximate surface area is 156 Å². The van der Waals surface area contributed by atoms with Crippen LogP contribution in [0.15, 0.2) is 59.5 Å². The molecule has 0 saturated carbocycles. The number of hydrogen-bond acceptors (Lipinski definition) is 4. The first-order valence-electron chi connectivity index (χ1n) is 7.33. The summed E-state index contributed by atoms with van der Waals surface area (Å²) in [6, 6.07) is 13.3. The van der Waals surface area contributed by atoms with Gasteiger partial charge in [0.15, 0.2) is 0 Å². The van der Waals surface area contributed by atoms with Crippen molar-refractivity contribution in [2.45, 2.75) is 17.8 Å². The van der Waals surface area contributed by atoms with Crippen molar-refractivity contribution in [2.75, 3.05) is 13.1 Å². The summed E-state index contributed by atoms with van der Waals surface area (Å²) in [5.41, 5.74) is 6.17. The van der Waals surface area contributed by atoms with Crippen LogP contribution in [-0.4, -0.2) is 32.2 Å². The van der Waals surface area contributed by atoms with Gasteiger partial charge < -0.3 is 10.5 Å². The average molecular weight is 411 g/mol. The number of sulfonamides is 1. The van der Waals surface area contributed by atoms with Crippen molar-refractivity contribution in [1.82, 2.24) is 4.31 Å². The van der Waals surface area contributed by atoms with Crippen molar-refractivity contribution in [3.63, 3.8) is 0 Å². The first-order valence-corrected chi connectivity index (χ1v) is 8.77. The number of nitrogens with zero attached hydrogens (tertiary/aromatic N) is 1. The molecule has 0 atom stereocenters. The maximum absolute atomic E-state index is 12.9. The third-order valence-corrected chi connectivity index (χ3v) is 5.16. The minimum atomic E-state index is -5.00. The fraction of sp³-hybridized carbons (Fsp3) is 0.250. The zero-order valence-electron chi connectivity index (χ0n) is 13.5. The predicted molar refractivity (Wildman–Crippen MR) is 93.5 cm³/mol. The highest BCUT2D eigenvalue weighted by molar-refractivity contribution is 7.89. The zero-order chi connectivity index (χ0) is 18.5. The third-order valence-electron chi connectivity index (χ3n) is 3.27. The van der Waals surface area contributed by atoms with Gasteiger partial charge in [0, 0.05) is 19.6 Å². The number of hydrogen-bond donors (Lipinski definition) is 1. The Balaban J connectivity index is 0.00000338. The molecule has 0 aromatic heterocycles. The van der Waals surface area contributed by atoms with Crippen molar-refractivity contribution in [3.05, 3.63) is 60.2 Å². The first-order chi connectivity index (χ1) is 11.7. The van der Waals surface area contributed by atoms with Gasteiger partial charge in [-0.25, -0.2) is 8.42 Å². The number of halogens is 4. The number of alkyl halides is 3. The Hall–Kier alpha value is -1.81. The van der Waals surface area contributed by atoms with E-state index in [0.717, 1.165) is 16.4 Å². The Bertz CT molecular complexity index is 802. The van der Waals surface area contributed by atoms with Crippen LogP contribution in [0, 0.1) is 0 Å². The molecule has 2 N–H and O–H groups in total. The molecule has 144 valence electrons. The summed E-state index contributed by atoms with van der Waals surface area (Å²) >= 11 is 0. The second kappa shape index (κ2) is 9.22. The molecule has 2 aromatic rings. The third kappa shape index (κ3) is 5.87. The van der Waals surface area contributed by atoms with Crippen molar-refractivity contribution >= 4 is 22.4 Å². The molecule has 26 heavy (non-hydrogen) atoms. The highest BCUT2D eigenvalue weighted by Gasteiger charge is 2.35. The molecule has 0 radical (unpaired) electrons. The highest BCUT2D eigenvalue weighted by atomic mass is 35.5.